The van der Waals surface area contributed by atoms with Gasteiger partial charge >= 0.3 is 6.18 Å². The highest BCUT2D eigenvalue weighted by atomic mass is 19.4. The lowest BCUT2D eigenvalue weighted by Gasteiger charge is -2.12. The van der Waals surface area contributed by atoms with Crippen molar-refractivity contribution in [3.8, 4) is 0 Å². The van der Waals surface area contributed by atoms with E-state index in [2.05, 4.69) is 11.6 Å². The number of benzene rings is 3. The second kappa shape index (κ2) is 8.39. The fourth-order valence-electron chi connectivity index (χ4n) is 2.94. The van der Waals surface area contributed by atoms with Crippen LogP contribution in [0.2, 0.25) is 0 Å². The van der Waals surface area contributed by atoms with Gasteiger partial charge in [-0.2, -0.15) is 13.2 Å². The van der Waals surface area contributed by atoms with Gasteiger partial charge in [0.25, 0.3) is 0 Å². The number of allylic oxidation sites excluding steroid dienone is 1. The van der Waals surface area contributed by atoms with E-state index in [-0.39, 0.29) is 23.3 Å². The van der Waals surface area contributed by atoms with Gasteiger partial charge in [0.1, 0.15) is 11.6 Å². The van der Waals surface area contributed by atoms with E-state index in [0.29, 0.717) is 11.3 Å². The molecule has 0 aliphatic heterocycles. The number of halogens is 5. The highest BCUT2D eigenvalue weighted by molar-refractivity contribution is 6.09. The Bertz CT molecular complexity index is 1030. The third-order valence-electron chi connectivity index (χ3n) is 4.32. The van der Waals surface area contributed by atoms with Crippen LogP contribution < -0.4 is 0 Å². The lowest BCUT2D eigenvalue weighted by molar-refractivity contribution is -0.138. The quantitative estimate of drug-likeness (QED) is 0.326. The van der Waals surface area contributed by atoms with Crippen LogP contribution in [0.25, 0.3) is 0 Å². The number of nitrogens with zero attached hydrogens (tertiary/aromatic N) is 1. The van der Waals surface area contributed by atoms with Crippen molar-refractivity contribution in [3.05, 3.63) is 113 Å². The molecule has 0 N–H and O–H groups in total. The SMILES string of the molecule is C=CC(=Nc1ccc(Cc2ccccc2C(F)(F)F)cc1)c1c(F)cccc1F. The maximum absolute atomic E-state index is 14.0. The molecule has 0 fully saturated rings. The van der Waals surface area contributed by atoms with Gasteiger partial charge in [-0.25, -0.2) is 13.8 Å². The zero-order valence-electron chi connectivity index (χ0n) is 15.2. The minimum atomic E-state index is -4.43. The predicted molar refractivity (Wildman–Crippen MR) is 103 cm³/mol. The van der Waals surface area contributed by atoms with Crippen molar-refractivity contribution in [2.75, 3.05) is 0 Å². The first-order chi connectivity index (χ1) is 13.8. The summed E-state index contributed by atoms with van der Waals surface area (Å²) < 4.78 is 67.3. The zero-order valence-corrected chi connectivity index (χ0v) is 15.2. The molecule has 3 aromatic carbocycles. The maximum atomic E-state index is 14.0. The smallest absolute Gasteiger partial charge is 0.248 e. The van der Waals surface area contributed by atoms with Gasteiger partial charge in [-0.1, -0.05) is 43.0 Å². The normalized spacial score (nSPS) is 12.1. The summed E-state index contributed by atoms with van der Waals surface area (Å²) in [5.41, 5.74) is 0.275. The summed E-state index contributed by atoms with van der Waals surface area (Å²) >= 11 is 0. The molecule has 148 valence electrons. The maximum Gasteiger partial charge on any atom is 0.416 e. The summed E-state index contributed by atoms with van der Waals surface area (Å²) in [7, 11) is 0. The number of aliphatic imine (C=N–C) groups is 1. The van der Waals surface area contributed by atoms with Crippen LogP contribution in [-0.2, 0) is 12.6 Å². The van der Waals surface area contributed by atoms with Crippen molar-refractivity contribution in [2.45, 2.75) is 12.6 Å². The molecule has 0 aliphatic rings. The van der Waals surface area contributed by atoms with E-state index in [4.69, 9.17) is 0 Å². The van der Waals surface area contributed by atoms with Crippen LogP contribution in [0.4, 0.5) is 27.6 Å². The van der Waals surface area contributed by atoms with E-state index in [9.17, 15) is 22.0 Å². The Morgan fingerprint density at radius 1 is 0.862 bits per heavy atom. The molecule has 0 saturated heterocycles. The molecule has 1 nitrogen and oxygen atoms in total. The Balaban J connectivity index is 1.88. The van der Waals surface area contributed by atoms with Gasteiger partial charge in [-0.15, -0.1) is 0 Å². The molecule has 0 aromatic heterocycles. The van der Waals surface area contributed by atoms with E-state index >= 15 is 0 Å². The van der Waals surface area contributed by atoms with Crippen LogP contribution in [0.5, 0.6) is 0 Å². The molecule has 0 radical (unpaired) electrons. The van der Waals surface area contributed by atoms with Crippen LogP contribution in [0.1, 0.15) is 22.3 Å². The predicted octanol–water partition coefficient (Wildman–Crippen LogP) is 6.88. The van der Waals surface area contributed by atoms with Gasteiger partial charge < -0.3 is 0 Å². The molecule has 0 amide bonds. The van der Waals surface area contributed by atoms with Gasteiger partial charge in [0.2, 0.25) is 0 Å². The van der Waals surface area contributed by atoms with Crippen molar-refractivity contribution in [1.82, 2.24) is 0 Å². The van der Waals surface area contributed by atoms with Crippen molar-refractivity contribution in [2.24, 2.45) is 4.99 Å². The van der Waals surface area contributed by atoms with Gasteiger partial charge in [0, 0.05) is 0 Å². The van der Waals surface area contributed by atoms with Gasteiger partial charge in [0.05, 0.1) is 22.5 Å². The minimum absolute atomic E-state index is 0.0239. The Labute approximate surface area is 164 Å². The van der Waals surface area contributed by atoms with E-state index < -0.39 is 23.4 Å². The lowest BCUT2D eigenvalue weighted by atomic mass is 9.99. The van der Waals surface area contributed by atoms with Gasteiger partial charge in [0.15, 0.2) is 0 Å². The summed E-state index contributed by atoms with van der Waals surface area (Å²) in [5, 5.41) is 0. The molecule has 3 rings (SSSR count). The molecule has 0 heterocycles. The van der Waals surface area contributed by atoms with Crippen molar-refractivity contribution in [3.63, 3.8) is 0 Å². The van der Waals surface area contributed by atoms with Gasteiger partial charge in [-0.05, 0) is 54.0 Å². The molecule has 3 aromatic rings. The second-order valence-electron chi connectivity index (χ2n) is 6.30. The Hall–Kier alpha value is -3.28. The third kappa shape index (κ3) is 4.77. The molecule has 0 spiro atoms. The molecule has 0 atom stereocenters. The fraction of sp³-hybridized carbons (Fsp3) is 0.0870. The molecule has 29 heavy (non-hydrogen) atoms. The first-order valence-electron chi connectivity index (χ1n) is 8.69. The van der Waals surface area contributed by atoms with Crippen LogP contribution in [-0.4, -0.2) is 5.71 Å². The summed E-state index contributed by atoms with van der Waals surface area (Å²) in [6, 6.07) is 15.3. The zero-order chi connectivity index (χ0) is 21.0. The molecule has 0 bridgehead atoms. The van der Waals surface area contributed by atoms with E-state index in [1.807, 2.05) is 0 Å². The highest BCUT2D eigenvalue weighted by Crippen LogP contribution is 2.33. The summed E-state index contributed by atoms with van der Waals surface area (Å²) in [4.78, 5) is 4.21. The average molecular weight is 401 g/mol. The highest BCUT2D eigenvalue weighted by Gasteiger charge is 2.32. The summed E-state index contributed by atoms with van der Waals surface area (Å²) in [6.07, 6.45) is -3.09. The number of hydrogen-bond acceptors (Lipinski definition) is 1. The monoisotopic (exact) mass is 401 g/mol. The summed E-state index contributed by atoms with van der Waals surface area (Å²) in [6.45, 7) is 3.55. The van der Waals surface area contributed by atoms with Crippen LogP contribution >= 0.6 is 0 Å². The number of hydrogen-bond donors (Lipinski definition) is 0. The molecular formula is C23H16F5N. The molecule has 0 unspecified atom stereocenters. The van der Waals surface area contributed by atoms with E-state index in [0.717, 1.165) is 18.2 Å². The average Bonchev–Trinajstić information content (AvgIpc) is 2.68. The van der Waals surface area contributed by atoms with Crippen LogP contribution in [0.15, 0.2) is 84.4 Å². The fourth-order valence-corrected chi connectivity index (χ4v) is 2.94. The van der Waals surface area contributed by atoms with Crippen molar-refractivity contribution >= 4 is 11.4 Å². The Morgan fingerprint density at radius 2 is 1.48 bits per heavy atom. The second-order valence-corrected chi connectivity index (χ2v) is 6.30. The van der Waals surface area contributed by atoms with Crippen molar-refractivity contribution in [1.29, 1.82) is 0 Å². The minimum Gasteiger partial charge on any atom is -0.248 e. The van der Waals surface area contributed by atoms with E-state index in [1.54, 1.807) is 30.3 Å². The van der Waals surface area contributed by atoms with Crippen molar-refractivity contribution < 1.29 is 22.0 Å². The third-order valence-corrected chi connectivity index (χ3v) is 4.32. The molecule has 0 aliphatic carbocycles. The number of alkyl halides is 3. The topological polar surface area (TPSA) is 12.4 Å². The molecular weight excluding hydrogens is 385 g/mol. The standard InChI is InChI=1S/C23H16F5N/c1-2-21(22-19(24)8-5-9-20(22)25)29-17-12-10-15(11-13-17)14-16-6-3-4-7-18(16)23(26,27)28/h2-13H,1,14H2. The first-order valence-corrected chi connectivity index (χ1v) is 8.69. The largest absolute Gasteiger partial charge is 0.416 e. The lowest BCUT2D eigenvalue weighted by Crippen LogP contribution is -2.09. The number of rotatable bonds is 5. The molecule has 6 heteroatoms. The Morgan fingerprint density at radius 3 is 2.07 bits per heavy atom. The first kappa shape index (κ1) is 20.5. The molecule has 0 saturated carbocycles. The van der Waals surface area contributed by atoms with Crippen LogP contribution in [0, 0.1) is 11.6 Å². The summed E-state index contributed by atoms with van der Waals surface area (Å²) in [5.74, 6) is -1.52. The van der Waals surface area contributed by atoms with E-state index in [1.165, 1.54) is 24.3 Å². The Kier molecular flexibility index (Phi) is 5.92. The van der Waals surface area contributed by atoms with Crippen LogP contribution in [0.3, 0.4) is 0 Å². The van der Waals surface area contributed by atoms with Gasteiger partial charge in [-0.3, -0.25) is 0 Å².